The van der Waals surface area contributed by atoms with Crippen LogP contribution in [0.25, 0.3) is 0 Å². The molecule has 3 heteroatoms. The van der Waals surface area contributed by atoms with Gasteiger partial charge in [-0.3, -0.25) is 4.90 Å². The summed E-state index contributed by atoms with van der Waals surface area (Å²) >= 11 is 1.79. The van der Waals surface area contributed by atoms with E-state index in [4.69, 9.17) is 5.11 Å². The van der Waals surface area contributed by atoms with Crippen LogP contribution < -0.4 is 0 Å². The summed E-state index contributed by atoms with van der Waals surface area (Å²) in [6, 6.07) is 4.71. The van der Waals surface area contributed by atoms with Gasteiger partial charge in [0.2, 0.25) is 0 Å². The standard InChI is InChI=1S/C9H13NOS/c1-7(9-3-2-4-12-9)10-5-8(11)6-10/h2-4,7-8,11H,5-6H2,1H3/t7-/m1/s1. The van der Waals surface area contributed by atoms with Crippen molar-refractivity contribution in [1.82, 2.24) is 4.90 Å². The number of aliphatic hydroxyl groups is 1. The van der Waals surface area contributed by atoms with Crippen LogP contribution in [0.5, 0.6) is 0 Å². The lowest BCUT2D eigenvalue weighted by Gasteiger charge is -2.40. The van der Waals surface area contributed by atoms with Gasteiger partial charge in [-0.15, -0.1) is 11.3 Å². The van der Waals surface area contributed by atoms with Crippen LogP contribution in [-0.4, -0.2) is 29.2 Å². The van der Waals surface area contributed by atoms with E-state index in [1.807, 2.05) is 0 Å². The van der Waals surface area contributed by atoms with Crippen molar-refractivity contribution in [2.45, 2.75) is 19.1 Å². The minimum atomic E-state index is -0.0904. The molecule has 0 unspecified atom stereocenters. The molecule has 1 atom stereocenters. The van der Waals surface area contributed by atoms with Crippen LogP contribution in [0, 0.1) is 0 Å². The number of aliphatic hydroxyl groups excluding tert-OH is 1. The Hall–Kier alpha value is -0.380. The quantitative estimate of drug-likeness (QED) is 0.751. The molecule has 2 nitrogen and oxygen atoms in total. The molecule has 0 aromatic carbocycles. The lowest BCUT2D eigenvalue weighted by Crippen LogP contribution is -2.51. The van der Waals surface area contributed by atoms with Gasteiger partial charge in [0.1, 0.15) is 0 Å². The Morgan fingerprint density at radius 3 is 2.92 bits per heavy atom. The van der Waals surface area contributed by atoms with Gasteiger partial charge in [-0.25, -0.2) is 0 Å². The lowest BCUT2D eigenvalue weighted by molar-refractivity contribution is -0.0203. The van der Waals surface area contributed by atoms with Crippen LogP contribution in [0.15, 0.2) is 17.5 Å². The molecular weight excluding hydrogens is 170 g/mol. The van der Waals surface area contributed by atoms with E-state index >= 15 is 0 Å². The maximum absolute atomic E-state index is 9.13. The van der Waals surface area contributed by atoms with Crippen LogP contribution in [0.1, 0.15) is 17.8 Å². The van der Waals surface area contributed by atoms with Crippen molar-refractivity contribution in [2.24, 2.45) is 0 Å². The van der Waals surface area contributed by atoms with Gasteiger partial charge < -0.3 is 5.11 Å². The van der Waals surface area contributed by atoms with Crippen molar-refractivity contribution < 1.29 is 5.11 Å². The molecule has 0 saturated carbocycles. The molecule has 1 N–H and O–H groups in total. The van der Waals surface area contributed by atoms with E-state index in [0.29, 0.717) is 6.04 Å². The summed E-state index contributed by atoms with van der Waals surface area (Å²) in [5.41, 5.74) is 0. The molecule has 0 radical (unpaired) electrons. The Kier molecular flexibility index (Phi) is 2.17. The minimum Gasteiger partial charge on any atom is -0.390 e. The first kappa shape index (κ1) is 8.23. The smallest absolute Gasteiger partial charge is 0.0794 e. The highest BCUT2D eigenvalue weighted by atomic mass is 32.1. The third kappa shape index (κ3) is 1.40. The molecule has 2 rings (SSSR count). The fourth-order valence-electron chi connectivity index (χ4n) is 1.51. The first-order valence-corrected chi connectivity index (χ1v) is 5.11. The molecule has 1 aliphatic rings. The summed E-state index contributed by atoms with van der Waals surface area (Å²) in [5, 5.41) is 11.2. The third-order valence-electron chi connectivity index (χ3n) is 2.39. The SMILES string of the molecule is C[C@H](c1cccs1)N1CC(O)C1. The van der Waals surface area contributed by atoms with Crippen molar-refractivity contribution in [1.29, 1.82) is 0 Å². The first-order chi connectivity index (χ1) is 5.77. The molecular formula is C9H13NOS. The molecule has 2 heterocycles. The Bertz CT molecular complexity index is 241. The van der Waals surface area contributed by atoms with Gasteiger partial charge in [-0.1, -0.05) is 6.07 Å². The zero-order chi connectivity index (χ0) is 8.55. The Labute approximate surface area is 76.4 Å². The van der Waals surface area contributed by atoms with E-state index < -0.39 is 0 Å². The van der Waals surface area contributed by atoms with E-state index in [1.165, 1.54) is 4.88 Å². The van der Waals surface area contributed by atoms with Gasteiger partial charge in [0.05, 0.1) is 6.10 Å². The predicted molar refractivity (Wildman–Crippen MR) is 50.3 cm³/mol. The number of hydrogen-bond acceptors (Lipinski definition) is 3. The second kappa shape index (κ2) is 3.17. The minimum absolute atomic E-state index is 0.0904. The Balaban J connectivity index is 1.97. The largest absolute Gasteiger partial charge is 0.390 e. The van der Waals surface area contributed by atoms with Crippen molar-refractivity contribution in [3.05, 3.63) is 22.4 Å². The first-order valence-electron chi connectivity index (χ1n) is 4.23. The molecule has 0 aliphatic carbocycles. The van der Waals surface area contributed by atoms with Crippen molar-refractivity contribution in [3.63, 3.8) is 0 Å². The molecule has 1 saturated heterocycles. The third-order valence-corrected chi connectivity index (χ3v) is 3.44. The fraction of sp³-hybridized carbons (Fsp3) is 0.556. The molecule has 1 aliphatic heterocycles. The van der Waals surface area contributed by atoms with Crippen LogP contribution in [0.2, 0.25) is 0 Å². The van der Waals surface area contributed by atoms with Crippen molar-refractivity contribution in [3.8, 4) is 0 Å². The monoisotopic (exact) mass is 183 g/mol. The highest BCUT2D eigenvalue weighted by molar-refractivity contribution is 7.10. The number of thiophene rings is 1. The van der Waals surface area contributed by atoms with Crippen LogP contribution >= 0.6 is 11.3 Å². The van der Waals surface area contributed by atoms with E-state index in [1.54, 1.807) is 11.3 Å². The van der Waals surface area contributed by atoms with Gasteiger partial charge in [0, 0.05) is 24.0 Å². The molecule has 12 heavy (non-hydrogen) atoms. The number of nitrogens with zero attached hydrogens (tertiary/aromatic N) is 1. The zero-order valence-electron chi connectivity index (χ0n) is 7.10. The normalized spacial score (nSPS) is 22.2. The number of hydrogen-bond donors (Lipinski definition) is 1. The zero-order valence-corrected chi connectivity index (χ0v) is 7.92. The highest BCUT2D eigenvalue weighted by Gasteiger charge is 2.29. The summed E-state index contributed by atoms with van der Waals surface area (Å²) in [7, 11) is 0. The van der Waals surface area contributed by atoms with Crippen molar-refractivity contribution >= 4 is 11.3 Å². The van der Waals surface area contributed by atoms with Crippen LogP contribution in [-0.2, 0) is 0 Å². The second-order valence-electron chi connectivity index (χ2n) is 3.30. The van der Waals surface area contributed by atoms with Gasteiger partial charge in [-0.2, -0.15) is 0 Å². The summed E-state index contributed by atoms with van der Waals surface area (Å²) in [6.07, 6.45) is -0.0904. The van der Waals surface area contributed by atoms with E-state index in [9.17, 15) is 0 Å². The summed E-state index contributed by atoms with van der Waals surface area (Å²) in [4.78, 5) is 3.68. The number of likely N-dealkylation sites (tertiary alicyclic amines) is 1. The Morgan fingerprint density at radius 1 is 1.67 bits per heavy atom. The molecule has 0 spiro atoms. The second-order valence-corrected chi connectivity index (χ2v) is 4.28. The average Bonchev–Trinajstić information content (AvgIpc) is 2.49. The highest BCUT2D eigenvalue weighted by Crippen LogP contribution is 2.27. The maximum atomic E-state index is 9.13. The molecule has 1 aromatic heterocycles. The number of β-amino-alcohol motifs (C(OH)–C–C–N with tert-alkyl or cyclic N) is 1. The van der Waals surface area contributed by atoms with Crippen LogP contribution in [0.3, 0.4) is 0 Å². The molecule has 66 valence electrons. The van der Waals surface area contributed by atoms with E-state index in [0.717, 1.165) is 13.1 Å². The summed E-state index contributed by atoms with van der Waals surface area (Å²) in [6.45, 7) is 3.86. The predicted octanol–water partition coefficient (Wildman–Crippen LogP) is 1.49. The van der Waals surface area contributed by atoms with Crippen LogP contribution in [0.4, 0.5) is 0 Å². The molecule has 1 aromatic rings. The summed E-state index contributed by atoms with van der Waals surface area (Å²) in [5.74, 6) is 0. The van der Waals surface area contributed by atoms with E-state index in [-0.39, 0.29) is 6.10 Å². The van der Waals surface area contributed by atoms with Gasteiger partial charge in [-0.05, 0) is 18.4 Å². The van der Waals surface area contributed by atoms with Gasteiger partial charge in [0.25, 0.3) is 0 Å². The van der Waals surface area contributed by atoms with Gasteiger partial charge in [0.15, 0.2) is 0 Å². The number of rotatable bonds is 2. The molecule has 0 bridgehead atoms. The van der Waals surface area contributed by atoms with E-state index in [2.05, 4.69) is 29.3 Å². The maximum Gasteiger partial charge on any atom is 0.0794 e. The lowest BCUT2D eigenvalue weighted by atomic mass is 10.1. The van der Waals surface area contributed by atoms with Crippen molar-refractivity contribution in [2.75, 3.05) is 13.1 Å². The fourth-order valence-corrected chi connectivity index (χ4v) is 2.33. The molecule has 0 amide bonds. The molecule has 1 fully saturated rings. The summed E-state index contributed by atoms with van der Waals surface area (Å²) < 4.78 is 0. The topological polar surface area (TPSA) is 23.5 Å². The van der Waals surface area contributed by atoms with Gasteiger partial charge >= 0.3 is 0 Å². The average molecular weight is 183 g/mol. The Morgan fingerprint density at radius 2 is 2.42 bits per heavy atom.